The minimum absolute atomic E-state index is 0.0293. The van der Waals surface area contributed by atoms with Crippen LogP contribution in [0.1, 0.15) is 71.2 Å². The Bertz CT molecular complexity index is 1120. The molecule has 38 heavy (non-hydrogen) atoms. The number of hydrogen-bond acceptors (Lipinski definition) is 5. The van der Waals surface area contributed by atoms with Crippen LogP contribution in [0.15, 0.2) is 42.5 Å². The molecule has 1 spiro atoms. The van der Waals surface area contributed by atoms with Gasteiger partial charge in [-0.3, -0.25) is 9.59 Å². The monoisotopic (exact) mass is 519 g/mol. The highest BCUT2D eigenvalue weighted by Gasteiger charge is 2.37. The van der Waals surface area contributed by atoms with Crippen molar-refractivity contribution in [2.45, 2.75) is 51.9 Å². The van der Waals surface area contributed by atoms with E-state index in [1.165, 1.54) is 24.1 Å². The third-order valence-corrected chi connectivity index (χ3v) is 8.46. The zero-order valence-corrected chi connectivity index (χ0v) is 22.7. The Labute approximate surface area is 226 Å². The molecule has 7 nitrogen and oxygen atoms in total. The zero-order chi connectivity index (χ0) is 26.4. The molecule has 0 bridgehead atoms. The van der Waals surface area contributed by atoms with E-state index in [9.17, 15) is 9.59 Å². The van der Waals surface area contributed by atoms with Crippen molar-refractivity contribution < 1.29 is 19.1 Å². The highest BCUT2D eigenvalue weighted by Crippen LogP contribution is 2.38. The predicted octanol–water partition coefficient (Wildman–Crippen LogP) is 4.83. The summed E-state index contributed by atoms with van der Waals surface area (Å²) >= 11 is 0. The van der Waals surface area contributed by atoms with Crippen LogP contribution in [0.5, 0.6) is 5.75 Å². The third-order valence-electron chi connectivity index (χ3n) is 8.46. The molecule has 3 aliphatic heterocycles. The van der Waals surface area contributed by atoms with Crippen LogP contribution in [0.25, 0.3) is 0 Å². The summed E-state index contributed by atoms with van der Waals surface area (Å²) in [6.07, 6.45) is 7.28. The van der Waals surface area contributed by atoms with Crippen LogP contribution >= 0.6 is 0 Å². The quantitative estimate of drug-likeness (QED) is 0.616. The number of carbonyl (C=O) groups is 2. The number of likely N-dealkylation sites (tertiary alicyclic amines) is 1. The van der Waals surface area contributed by atoms with E-state index in [2.05, 4.69) is 29.3 Å². The summed E-state index contributed by atoms with van der Waals surface area (Å²) < 4.78 is 12.1. The molecule has 0 atom stereocenters. The number of amides is 2. The Morgan fingerprint density at radius 1 is 0.921 bits per heavy atom. The van der Waals surface area contributed by atoms with Crippen LogP contribution in [-0.2, 0) is 4.74 Å². The Balaban J connectivity index is 1.28. The smallest absolute Gasteiger partial charge is 0.255 e. The number of para-hydroxylation sites is 1. The molecule has 1 N–H and O–H groups in total. The summed E-state index contributed by atoms with van der Waals surface area (Å²) in [5, 5.41) is 2.93. The molecule has 3 heterocycles. The number of hydrogen-bond donors (Lipinski definition) is 1. The van der Waals surface area contributed by atoms with Crippen molar-refractivity contribution in [3.63, 3.8) is 0 Å². The molecule has 2 aromatic rings. The lowest BCUT2D eigenvalue weighted by molar-refractivity contribution is 0.0341. The number of rotatable bonds is 2. The van der Waals surface area contributed by atoms with Gasteiger partial charge in [0.2, 0.25) is 0 Å². The molecule has 2 fully saturated rings. The lowest BCUT2D eigenvalue weighted by atomic mass is 9.75. The first-order valence-corrected chi connectivity index (χ1v) is 14.3. The van der Waals surface area contributed by atoms with Crippen LogP contribution in [0.2, 0.25) is 0 Å². The molecule has 0 aromatic heterocycles. The molecular formula is C31H41N3O4. The van der Waals surface area contributed by atoms with Gasteiger partial charge in [-0.1, -0.05) is 24.6 Å². The number of nitrogens with one attached hydrogen (secondary N) is 1. The second kappa shape index (κ2) is 12.2. The number of benzene rings is 2. The lowest BCUT2D eigenvalue weighted by Gasteiger charge is -2.42. The number of carbonyl (C=O) groups excluding carboxylic acids is 2. The van der Waals surface area contributed by atoms with Crippen molar-refractivity contribution in [2.24, 2.45) is 5.41 Å². The van der Waals surface area contributed by atoms with E-state index in [1.807, 2.05) is 35.2 Å². The maximum atomic E-state index is 13.5. The van der Waals surface area contributed by atoms with Crippen LogP contribution in [-0.4, -0.2) is 69.3 Å². The van der Waals surface area contributed by atoms with Crippen molar-refractivity contribution in [2.75, 3.05) is 57.4 Å². The molecule has 2 aromatic carbocycles. The highest BCUT2D eigenvalue weighted by molar-refractivity contribution is 5.97. The molecule has 204 valence electrons. The van der Waals surface area contributed by atoms with E-state index in [4.69, 9.17) is 9.47 Å². The predicted molar refractivity (Wildman–Crippen MR) is 149 cm³/mol. The third kappa shape index (κ3) is 6.15. The highest BCUT2D eigenvalue weighted by atomic mass is 16.5. The Kier molecular flexibility index (Phi) is 8.52. The summed E-state index contributed by atoms with van der Waals surface area (Å²) in [5.41, 5.74) is 3.74. The molecule has 0 saturated carbocycles. The Morgan fingerprint density at radius 3 is 2.53 bits per heavy atom. The number of piperidine rings is 1. The number of nitrogens with zero attached hydrogens (tertiary/aromatic N) is 2. The second-order valence-electron chi connectivity index (χ2n) is 11.1. The van der Waals surface area contributed by atoms with Gasteiger partial charge in [0.05, 0.1) is 18.8 Å². The van der Waals surface area contributed by atoms with E-state index >= 15 is 0 Å². The van der Waals surface area contributed by atoms with E-state index in [1.54, 1.807) is 0 Å². The number of ether oxygens (including phenoxy) is 2. The molecule has 3 aliphatic rings. The Morgan fingerprint density at radius 2 is 1.71 bits per heavy atom. The summed E-state index contributed by atoms with van der Waals surface area (Å²) in [4.78, 5) is 30.7. The first-order valence-electron chi connectivity index (χ1n) is 14.3. The van der Waals surface area contributed by atoms with E-state index in [-0.39, 0.29) is 17.2 Å². The van der Waals surface area contributed by atoms with Crippen LogP contribution in [0.3, 0.4) is 0 Å². The largest absolute Gasteiger partial charge is 0.492 e. The molecule has 5 rings (SSSR count). The normalized spacial score (nSPS) is 20.8. The van der Waals surface area contributed by atoms with E-state index in [0.29, 0.717) is 50.8 Å². The van der Waals surface area contributed by atoms with Crippen molar-refractivity contribution in [3.05, 3.63) is 59.2 Å². The fraction of sp³-hybridized carbons (Fsp3) is 0.548. The molecular weight excluding hydrogens is 478 g/mol. The Hall–Kier alpha value is -3.06. The zero-order valence-electron chi connectivity index (χ0n) is 22.7. The van der Waals surface area contributed by atoms with Crippen LogP contribution in [0, 0.1) is 12.3 Å². The number of fused-ring (bicyclic) bond motifs is 1. The summed E-state index contributed by atoms with van der Waals surface area (Å²) in [6.45, 7) is 7.94. The van der Waals surface area contributed by atoms with Gasteiger partial charge in [-0.15, -0.1) is 0 Å². The molecule has 0 unspecified atom stereocenters. The van der Waals surface area contributed by atoms with Gasteiger partial charge in [-0.05, 0) is 75.3 Å². The number of aryl methyl sites for hydroxylation is 1. The topological polar surface area (TPSA) is 71.1 Å². The molecule has 0 aliphatic carbocycles. The van der Waals surface area contributed by atoms with Gasteiger partial charge in [-0.2, -0.15) is 0 Å². The van der Waals surface area contributed by atoms with Gasteiger partial charge in [0, 0.05) is 56.0 Å². The lowest BCUT2D eigenvalue weighted by Crippen LogP contribution is -2.45. The van der Waals surface area contributed by atoms with Crippen LogP contribution in [0.4, 0.5) is 5.69 Å². The van der Waals surface area contributed by atoms with Gasteiger partial charge >= 0.3 is 0 Å². The molecule has 7 heteroatoms. The summed E-state index contributed by atoms with van der Waals surface area (Å²) in [5.74, 6) is 0.606. The molecule has 2 amide bonds. The average Bonchev–Trinajstić information content (AvgIpc) is 3.48. The SMILES string of the molecule is Cc1ccc(C(=O)N2CCC3(CCCCOCCNC(=O)c4ccccc4OC3)CC2)cc1N1CCCC1. The summed E-state index contributed by atoms with van der Waals surface area (Å²) in [7, 11) is 0. The van der Waals surface area contributed by atoms with Crippen molar-refractivity contribution in [3.8, 4) is 5.75 Å². The minimum atomic E-state index is -0.137. The van der Waals surface area contributed by atoms with Gasteiger partial charge in [0.15, 0.2) is 0 Å². The van der Waals surface area contributed by atoms with Gasteiger partial charge in [0.1, 0.15) is 5.75 Å². The van der Waals surface area contributed by atoms with E-state index < -0.39 is 0 Å². The molecule has 2 saturated heterocycles. The first-order chi connectivity index (χ1) is 18.5. The minimum Gasteiger partial charge on any atom is -0.492 e. The van der Waals surface area contributed by atoms with Gasteiger partial charge in [0.25, 0.3) is 11.8 Å². The van der Waals surface area contributed by atoms with Crippen LogP contribution < -0.4 is 15.0 Å². The molecule has 0 radical (unpaired) electrons. The van der Waals surface area contributed by atoms with E-state index in [0.717, 1.165) is 50.8 Å². The second-order valence-corrected chi connectivity index (χ2v) is 11.1. The maximum Gasteiger partial charge on any atom is 0.255 e. The fourth-order valence-electron chi connectivity index (χ4n) is 6.02. The number of anilines is 1. The van der Waals surface area contributed by atoms with Crippen molar-refractivity contribution >= 4 is 17.5 Å². The summed E-state index contributed by atoms with van der Waals surface area (Å²) in [6, 6.07) is 13.6. The van der Waals surface area contributed by atoms with Gasteiger partial charge < -0.3 is 24.6 Å². The van der Waals surface area contributed by atoms with Crippen molar-refractivity contribution in [1.82, 2.24) is 10.2 Å². The average molecular weight is 520 g/mol. The standard InChI is InChI=1S/C31H41N3O4/c1-24-10-11-25(22-27(24)33-16-5-6-17-33)30(36)34-18-13-31(14-19-34)12-4-7-20-37-21-15-32-29(35)26-8-2-3-9-28(26)38-23-31/h2-3,8-11,22H,4-7,12-21,23H2,1H3,(H,32,35). The van der Waals surface area contributed by atoms with Gasteiger partial charge in [-0.25, -0.2) is 0 Å². The fourth-order valence-corrected chi connectivity index (χ4v) is 6.02. The first kappa shape index (κ1) is 26.5. The van der Waals surface area contributed by atoms with Crippen molar-refractivity contribution in [1.29, 1.82) is 0 Å². The maximum absolute atomic E-state index is 13.5.